The zero-order valence-electron chi connectivity index (χ0n) is 24.4. The highest BCUT2D eigenvalue weighted by molar-refractivity contribution is 6.32. The zero-order chi connectivity index (χ0) is 32.2. The first kappa shape index (κ1) is 33.1. The molecule has 0 N–H and O–H groups in total. The number of ether oxygens (including phenoxy) is 4. The Bertz CT molecular complexity index is 1670. The minimum absolute atomic E-state index is 0.318. The molecule has 0 radical (unpaired) electrons. The van der Waals surface area contributed by atoms with Crippen LogP contribution in [-0.2, 0) is 12.8 Å². The summed E-state index contributed by atoms with van der Waals surface area (Å²) in [5.41, 5.74) is 7.96. The summed E-state index contributed by atoms with van der Waals surface area (Å²) in [6, 6.07) is 18.5. The van der Waals surface area contributed by atoms with Gasteiger partial charge in [0.25, 0.3) is 25.0 Å². The summed E-state index contributed by atoms with van der Waals surface area (Å²) < 4.78 is 19.4. The summed E-state index contributed by atoms with van der Waals surface area (Å²) >= 11 is 12.0. The summed E-state index contributed by atoms with van der Waals surface area (Å²) in [7, 11) is 0. The number of halogens is 2. The van der Waals surface area contributed by atoms with E-state index in [1.54, 1.807) is 49.3 Å². The molecule has 0 atom stereocenters. The van der Waals surface area contributed by atoms with E-state index >= 15 is 0 Å². The van der Waals surface area contributed by atoms with Gasteiger partial charge in [-0.2, -0.15) is 0 Å². The van der Waals surface area contributed by atoms with Gasteiger partial charge >= 0.3 is 0 Å². The van der Waals surface area contributed by atoms with E-state index in [0.29, 0.717) is 39.5 Å². The molecule has 0 unspecified atom stereocenters. The minimum atomic E-state index is 0.318. The van der Waals surface area contributed by atoms with Gasteiger partial charge in [-0.3, -0.25) is 0 Å². The van der Waals surface area contributed by atoms with Crippen molar-refractivity contribution in [1.82, 2.24) is 0 Å². The number of benzene rings is 4. The summed E-state index contributed by atoms with van der Waals surface area (Å²) in [5, 5.41) is 35.1. The quantitative estimate of drug-likeness (QED) is 0.178. The topological polar surface area (TPSA) is 132 Å². The van der Waals surface area contributed by atoms with E-state index in [1.165, 1.54) is 0 Å². The van der Waals surface area contributed by atoms with Crippen molar-refractivity contribution in [2.45, 2.75) is 40.5 Å². The van der Waals surface area contributed by atoms with Crippen molar-refractivity contribution in [3.8, 4) is 48.0 Å². The molecule has 220 valence electrons. The molecule has 0 aliphatic heterocycles. The molecule has 0 spiro atoms. The first-order valence-electron chi connectivity index (χ1n) is 13.1. The Kier molecular flexibility index (Phi) is 11.8. The van der Waals surface area contributed by atoms with Crippen LogP contribution in [0, 0.1) is 73.8 Å². The van der Waals surface area contributed by atoms with Crippen LogP contribution < -0.4 is 18.9 Å². The molecule has 4 rings (SSSR count). The van der Waals surface area contributed by atoms with E-state index < -0.39 is 0 Å². The molecular formula is C34H26Cl2N4O4. The lowest BCUT2D eigenvalue weighted by Gasteiger charge is -2.12. The lowest BCUT2D eigenvalue weighted by Crippen LogP contribution is -1.97. The third kappa shape index (κ3) is 8.81. The maximum Gasteiger partial charge on any atom is 0.292 e. The third-order valence-corrected chi connectivity index (χ3v) is 7.05. The van der Waals surface area contributed by atoms with Crippen molar-refractivity contribution < 1.29 is 18.9 Å². The maximum absolute atomic E-state index is 8.70. The number of nitriles is 4. The third-order valence-electron chi connectivity index (χ3n) is 6.46. The van der Waals surface area contributed by atoms with Crippen molar-refractivity contribution in [3.05, 3.63) is 115 Å². The molecule has 0 aromatic heterocycles. The Morgan fingerprint density at radius 2 is 0.795 bits per heavy atom. The average molecular weight is 626 g/mol. The van der Waals surface area contributed by atoms with Gasteiger partial charge < -0.3 is 18.9 Å². The molecule has 8 nitrogen and oxygen atoms in total. The van der Waals surface area contributed by atoms with Crippen molar-refractivity contribution in [3.63, 3.8) is 0 Å². The van der Waals surface area contributed by atoms with Gasteiger partial charge in [-0.15, -0.1) is 21.0 Å². The van der Waals surface area contributed by atoms with Gasteiger partial charge in [0, 0.05) is 0 Å². The average Bonchev–Trinajstić information content (AvgIpc) is 2.96. The molecule has 0 saturated carbocycles. The largest absolute Gasteiger partial charge is 0.387 e. The van der Waals surface area contributed by atoms with Gasteiger partial charge in [-0.05, 0) is 109 Å². The molecule has 44 heavy (non-hydrogen) atoms. The van der Waals surface area contributed by atoms with Crippen LogP contribution in [0.3, 0.4) is 0 Å². The molecule has 0 amide bonds. The lowest BCUT2D eigenvalue weighted by molar-refractivity contribution is 0.498. The van der Waals surface area contributed by atoms with Crippen LogP contribution in [0.5, 0.6) is 23.0 Å². The van der Waals surface area contributed by atoms with E-state index in [9.17, 15) is 0 Å². The highest BCUT2D eigenvalue weighted by Gasteiger charge is 2.11. The van der Waals surface area contributed by atoms with Gasteiger partial charge in [0.2, 0.25) is 0 Å². The van der Waals surface area contributed by atoms with E-state index in [0.717, 1.165) is 50.9 Å². The van der Waals surface area contributed by atoms with E-state index in [2.05, 4.69) is 0 Å². The van der Waals surface area contributed by atoms with Crippen LogP contribution in [0.4, 0.5) is 0 Å². The number of nitrogens with zero attached hydrogens (tertiary/aromatic N) is 4. The van der Waals surface area contributed by atoms with Crippen LogP contribution in [-0.4, -0.2) is 0 Å². The molecule has 4 aromatic rings. The van der Waals surface area contributed by atoms with Crippen molar-refractivity contribution >= 4 is 23.2 Å². The van der Waals surface area contributed by atoms with Crippen LogP contribution >= 0.6 is 23.2 Å². The highest BCUT2D eigenvalue weighted by Crippen LogP contribution is 2.30. The smallest absolute Gasteiger partial charge is 0.292 e. The second-order valence-electron chi connectivity index (χ2n) is 9.77. The lowest BCUT2D eigenvalue weighted by atomic mass is 9.97. The molecule has 10 heteroatoms. The van der Waals surface area contributed by atoms with Crippen molar-refractivity contribution in [2.24, 2.45) is 0 Å². The SMILES string of the molecule is Cc1cc(Cc2cc(C)c(OC#N)c(C)c2)cc(C)c1OC#N.N#COc1ccc(Cc2ccc(OC#N)c(Cl)c2)cc1Cl. The predicted octanol–water partition coefficient (Wildman–Crippen LogP) is 8.53. The summed E-state index contributed by atoms with van der Waals surface area (Å²) in [6.07, 6.45) is 7.97. The van der Waals surface area contributed by atoms with Gasteiger partial charge in [-0.25, -0.2) is 0 Å². The Morgan fingerprint density at radius 3 is 1.09 bits per heavy atom. The Balaban J connectivity index is 0.000000241. The highest BCUT2D eigenvalue weighted by atomic mass is 35.5. The van der Waals surface area contributed by atoms with Crippen molar-refractivity contribution in [1.29, 1.82) is 21.0 Å². The van der Waals surface area contributed by atoms with Crippen LogP contribution in [0.1, 0.15) is 44.5 Å². The molecular weight excluding hydrogens is 599 g/mol. The monoisotopic (exact) mass is 624 g/mol. The van der Waals surface area contributed by atoms with Gasteiger partial charge in [0.15, 0.2) is 11.5 Å². The number of rotatable bonds is 8. The van der Waals surface area contributed by atoms with Crippen LogP contribution in [0.25, 0.3) is 0 Å². The number of hydrogen-bond donors (Lipinski definition) is 0. The standard InChI is InChI=1S/C19H18N2O2.C15H8Cl2N2O2/c1-12-5-16(6-13(2)18(12)22-10-20)9-17-7-14(3)19(23-11-21)15(4)8-17;16-12-6-10(1-3-14(12)20-8-18)5-11-2-4-15(21-9-19)13(17)7-11/h5-8H,9H2,1-4H3;1-4,6-7H,5H2. The second kappa shape index (κ2) is 15.7. The van der Waals surface area contributed by atoms with Gasteiger partial charge in [-0.1, -0.05) is 59.6 Å². The Hall–Kier alpha value is -5.38. The maximum atomic E-state index is 8.70. The summed E-state index contributed by atoms with van der Waals surface area (Å²) in [4.78, 5) is 0. The normalized spacial score (nSPS) is 9.68. The molecule has 0 aliphatic carbocycles. The first-order valence-corrected chi connectivity index (χ1v) is 13.9. The summed E-state index contributed by atoms with van der Waals surface area (Å²) in [6.45, 7) is 7.74. The van der Waals surface area contributed by atoms with E-state index in [1.807, 2.05) is 64.1 Å². The fraction of sp³-hybridized carbons (Fsp3) is 0.176. The fourth-order valence-corrected chi connectivity index (χ4v) is 5.22. The first-order chi connectivity index (χ1) is 21.1. The molecule has 0 bridgehead atoms. The van der Waals surface area contributed by atoms with E-state index in [-0.39, 0.29) is 0 Å². The van der Waals surface area contributed by atoms with Gasteiger partial charge in [0.1, 0.15) is 11.5 Å². The van der Waals surface area contributed by atoms with Crippen LogP contribution in [0.15, 0.2) is 60.7 Å². The zero-order valence-corrected chi connectivity index (χ0v) is 25.9. The molecule has 4 aromatic carbocycles. The number of aryl methyl sites for hydroxylation is 4. The van der Waals surface area contributed by atoms with Crippen LogP contribution in [0.2, 0.25) is 10.0 Å². The minimum Gasteiger partial charge on any atom is -0.387 e. The fourth-order valence-electron chi connectivity index (χ4n) is 4.74. The molecule has 0 aliphatic rings. The summed E-state index contributed by atoms with van der Waals surface area (Å²) in [5.74, 6) is 1.89. The van der Waals surface area contributed by atoms with E-state index in [4.69, 9.17) is 63.2 Å². The predicted molar refractivity (Wildman–Crippen MR) is 165 cm³/mol. The Morgan fingerprint density at radius 1 is 0.477 bits per heavy atom. The number of hydrogen-bond acceptors (Lipinski definition) is 8. The molecule has 0 fully saturated rings. The van der Waals surface area contributed by atoms with Crippen molar-refractivity contribution in [2.75, 3.05) is 0 Å². The molecule has 0 saturated heterocycles. The van der Waals surface area contributed by atoms with Gasteiger partial charge in [0.05, 0.1) is 10.0 Å². The molecule has 0 heterocycles. The Labute approximate surface area is 266 Å². The second-order valence-corrected chi connectivity index (χ2v) is 10.6.